The molecule has 0 saturated heterocycles. The van der Waals surface area contributed by atoms with E-state index in [1.54, 1.807) is 0 Å². The molecule has 0 fully saturated rings. The van der Waals surface area contributed by atoms with Crippen molar-refractivity contribution >= 4 is 0 Å². The predicted octanol–water partition coefficient (Wildman–Crippen LogP) is 3.00. The molecule has 0 radical (unpaired) electrons. The van der Waals surface area contributed by atoms with Gasteiger partial charge in [-0.2, -0.15) is 0 Å². The summed E-state index contributed by atoms with van der Waals surface area (Å²) in [6.07, 6.45) is 2.14. The molecule has 3 nitrogen and oxygen atoms in total. The number of likely N-dealkylation sites (N-methyl/N-ethyl adjacent to an activating group) is 1. The third-order valence-electron chi connectivity index (χ3n) is 4.52. The number of benzene rings is 1. The molecule has 112 valence electrons. The Morgan fingerprint density at radius 1 is 1.35 bits per heavy atom. The fourth-order valence-corrected chi connectivity index (χ4v) is 2.45. The van der Waals surface area contributed by atoms with E-state index in [2.05, 4.69) is 63.3 Å². The van der Waals surface area contributed by atoms with E-state index in [-0.39, 0.29) is 5.54 Å². The van der Waals surface area contributed by atoms with Crippen LogP contribution in [-0.2, 0) is 6.42 Å². The molecule has 0 aliphatic carbocycles. The molecule has 3 heteroatoms. The van der Waals surface area contributed by atoms with Gasteiger partial charge in [0.05, 0.1) is 6.61 Å². The van der Waals surface area contributed by atoms with E-state index in [9.17, 15) is 0 Å². The molecule has 1 N–H and O–H groups in total. The number of hydrogen-bond acceptors (Lipinski definition) is 3. The van der Waals surface area contributed by atoms with Crippen LogP contribution in [0.2, 0.25) is 0 Å². The Balaban J connectivity index is 2.05. The minimum Gasteiger partial charge on any atom is -0.493 e. The van der Waals surface area contributed by atoms with Gasteiger partial charge >= 0.3 is 0 Å². The van der Waals surface area contributed by atoms with Crippen LogP contribution in [0.5, 0.6) is 5.75 Å². The van der Waals surface area contributed by atoms with E-state index in [1.807, 2.05) is 0 Å². The standard InChI is InChI=1S/C17H28N2O/c1-6-15(18-12-17(2,3)19(4)5)13-7-8-16-14(11-13)9-10-20-16/h7-8,11,15,18H,6,9-10,12H2,1-5H3. The van der Waals surface area contributed by atoms with Crippen molar-refractivity contribution in [1.82, 2.24) is 10.2 Å². The molecule has 1 aliphatic heterocycles. The summed E-state index contributed by atoms with van der Waals surface area (Å²) in [5.74, 6) is 1.07. The van der Waals surface area contributed by atoms with Crippen LogP contribution < -0.4 is 10.1 Å². The van der Waals surface area contributed by atoms with Gasteiger partial charge in [-0.3, -0.25) is 0 Å². The summed E-state index contributed by atoms with van der Waals surface area (Å²) < 4.78 is 5.59. The summed E-state index contributed by atoms with van der Waals surface area (Å²) in [5.41, 5.74) is 2.90. The molecule has 1 aromatic carbocycles. The molecule has 0 saturated carbocycles. The van der Waals surface area contributed by atoms with E-state index in [4.69, 9.17) is 4.74 Å². The fraction of sp³-hybridized carbons (Fsp3) is 0.647. The van der Waals surface area contributed by atoms with Crippen molar-refractivity contribution in [3.05, 3.63) is 29.3 Å². The van der Waals surface area contributed by atoms with Gasteiger partial charge in [0.1, 0.15) is 5.75 Å². The van der Waals surface area contributed by atoms with E-state index >= 15 is 0 Å². The van der Waals surface area contributed by atoms with Gasteiger partial charge in [-0.05, 0) is 51.6 Å². The SMILES string of the molecule is CCC(NCC(C)(C)N(C)C)c1ccc2c(c1)CCO2. The van der Waals surface area contributed by atoms with E-state index in [0.29, 0.717) is 6.04 Å². The number of fused-ring (bicyclic) bond motifs is 1. The molecule has 1 aromatic rings. The van der Waals surface area contributed by atoms with Crippen molar-refractivity contribution < 1.29 is 4.74 Å². The molecular formula is C17H28N2O. The molecule has 0 amide bonds. The number of ether oxygens (including phenoxy) is 1. The van der Waals surface area contributed by atoms with Gasteiger partial charge in [-0.25, -0.2) is 0 Å². The summed E-state index contributed by atoms with van der Waals surface area (Å²) in [5, 5.41) is 3.72. The lowest BCUT2D eigenvalue weighted by Gasteiger charge is -2.34. The van der Waals surface area contributed by atoms with Crippen LogP contribution in [0.15, 0.2) is 18.2 Å². The normalized spacial score (nSPS) is 16.1. The monoisotopic (exact) mass is 276 g/mol. The largest absolute Gasteiger partial charge is 0.493 e. The van der Waals surface area contributed by atoms with Gasteiger partial charge in [0.15, 0.2) is 0 Å². The quantitative estimate of drug-likeness (QED) is 0.864. The molecule has 0 spiro atoms. The Labute approximate surface area is 123 Å². The second-order valence-electron chi connectivity index (χ2n) is 6.51. The molecule has 1 atom stereocenters. The van der Waals surface area contributed by atoms with Crippen LogP contribution in [0, 0.1) is 0 Å². The highest BCUT2D eigenvalue weighted by atomic mass is 16.5. The Morgan fingerprint density at radius 2 is 2.10 bits per heavy atom. The molecule has 1 unspecified atom stereocenters. The first-order chi connectivity index (χ1) is 9.44. The van der Waals surface area contributed by atoms with E-state index in [1.165, 1.54) is 11.1 Å². The van der Waals surface area contributed by atoms with Gasteiger partial charge in [0, 0.05) is 24.5 Å². The Morgan fingerprint density at radius 3 is 2.75 bits per heavy atom. The molecule has 0 bridgehead atoms. The first kappa shape index (κ1) is 15.3. The number of rotatable bonds is 6. The highest BCUT2D eigenvalue weighted by Gasteiger charge is 2.22. The maximum Gasteiger partial charge on any atom is 0.122 e. The average Bonchev–Trinajstić information content (AvgIpc) is 2.86. The number of nitrogens with zero attached hydrogens (tertiary/aromatic N) is 1. The second kappa shape index (κ2) is 6.15. The van der Waals surface area contributed by atoms with E-state index in [0.717, 1.165) is 31.7 Å². The van der Waals surface area contributed by atoms with Gasteiger partial charge < -0.3 is 15.0 Å². The van der Waals surface area contributed by atoms with Gasteiger partial charge in [0.2, 0.25) is 0 Å². The van der Waals surface area contributed by atoms with Gasteiger partial charge in [-0.15, -0.1) is 0 Å². The van der Waals surface area contributed by atoms with Crippen molar-refractivity contribution in [2.45, 2.75) is 45.2 Å². The van der Waals surface area contributed by atoms with Gasteiger partial charge in [-0.1, -0.05) is 19.1 Å². The minimum atomic E-state index is 0.160. The highest BCUT2D eigenvalue weighted by Crippen LogP contribution is 2.29. The van der Waals surface area contributed by atoms with Crippen molar-refractivity contribution in [2.75, 3.05) is 27.2 Å². The third-order valence-corrected chi connectivity index (χ3v) is 4.52. The first-order valence-electron chi connectivity index (χ1n) is 7.60. The van der Waals surface area contributed by atoms with Gasteiger partial charge in [0.25, 0.3) is 0 Å². The molecular weight excluding hydrogens is 248 g/mol. The van der Waals surface area contributed by atoms with Crippen LogP contribution in [0.4, 0.5) is 0 Å². The summed E-state index contributed by atoms with van der Waals surface area (Å²) in [6.45, 7) is 8.58. The lowest BCUT2D eigenvalue weighted by atomic mass is 9.98. The lowest BCUT2D eigenvalue weighted by Crippen LogP contribution is -2.47. The Kier molecular flexibility index (Phi) is 4.71. The lowest BCUT2D eigenvalue weighted by molar-refractivity contribution is 0.183. The second-order valence-corrected chi connectivity index (χ2v) is 6.51. The summed E-state index contributed by atoms with van der Waals surface area (Å²) in [6, 6.07) is 7.05. The minimum absolute atomic E-state index is 0.160. The smallest absolute Gasteiger partial charge is 0.122 e. The summed E-state index contributed by atoms with van der Waals surface area (Å²) in [4.78, 5) is 2.27. The topological polar surface area (TPSA) is 24.5 Å². The molecule has 0 aromatic heterocycles. The first-order valence-corrected chi connectivity index (χ1v) is 7.60. The van der Waals surface area contributed by atoms with Crippen LogP contribution in [0.3, 0.4) is 0 Å². The van der Waals surface area contributed by atoms with Crippen molar-refractivity contribution in [3.63, 3.8) is 0 Å². The van der Waals surface area contributed by atoms with E-state index < -0.39 is 0 Å². The zero-order valence-corrected chi connectivity index (χ0v) is 13.5. The Hall–Kier alpha value is -1.06. The number of hydrogen-bond donors (Lipinski definition) is 1. The number of nitrogens with one attached hydrogen (secondary N) is 1. The van der Waals surface area contributed by atoms with Crippen LogP contribution in [0.25, 0.3) is 0 Å². The highest BCUT2D eigenvalue weighted by molar-refractivity contribution is 5.40. The average molecular weight is 276 g/mol. The summed E-state index contributed by atoms with van der Waals surface area (Å²) in [7, 11) is 4.27. The third kappa shape index (κ3) is 3.33. The maximum absolute atomic E-state index is 5.59. The predicted molar refractivity (Wildman–Crippen MR) is 84.4 cm³/mol. The van der Waals surface area contributed by atoms with Crippen LogP contribution in [0.1, 0.15) is 44.4 Å². The fourth-order valence-electron chi connectivity index (χ4n) is 2.45. The Bertz CT molecular complexity index is 454. The zero-order chi connectivity index (χ0) is 14.8. The molecule has 1 heterocycles. The molecule has 2 rings (SSSR count). The van der Waals surface area contributed by atoms with Crippen molar-refractivity contribution in [1.29, 1.82) is 0 Å². The maximum atomic E-state index is 5.59. The summed E-state index contributed by atoms with van der Waals surface area (Å²) >= 11 is 0. The zero-order valence-electron chi connectivity index (χ0n) is 13.5. The van der Waals surface area contributed by atoms with Crippen LogP contribution in [-0.4, -0.2) is 37.7 Å². The van der Waals surface area contributed by atoms with Crippen molar-refractivity contribution in [2.24, 2.45) is 0 Å². The van der Waals surface area contributed by atoms with Crippen molar-refractivity contribution in [3.8, 4) is 5.75 Å². The molecule has 20 heavy (non-hydrogen) atoms. The van der Waals surface area contributed by atoms with Crippen LogP contribution >= 0.6 is 0 Å². The molecule has 1 aliphatic rings.